The summed E-state index contributed by atoms with van der Waals surface area (Å²) in [6.45, 7) is 10.6. The van der Waals surface area contributed by atoms with Crippen molar-refractivity contribution in [1.29, 1.82) is 0 Å². The fourth-order valence-corrected chi connectivity index (χ4v) is 2.89. The van der Waals surface area contributed by atoms with Gasteiger partial charge in [0, 0.05) is 5.41 Å². The first-order valence-electron chi connectivity index (χ1n) is 7.84. The molecule has 0 aromatic carbocycles. The van der Waals surface area contributed by atoms with Crippen molar-refractivity contribution in [3.63, 3.8) is 0 Å². The molecule has 0 saturated heterocycles. The maximum absolute atomic E-state index is 12.8. The van der Waals surface area contributed by atoms with Crippen molar-refractivity contribution in [2.24, 2.45) is 11.1 Å². The summed E-state index contributed by atoms with van der Waals surface area (Å²) in [6.07, 6.45) is 1.46. The highest BCUT2D eigenvalue weighted by Crippen LogP contribution is 2.39. The van der Waals surface area contributed by atoms with Crippen LogP contribution in [0.5, 0.6) is 0 Å². The summed E-state index contributed by atoms with van der Waals surface area (Å²) >= 11 is 0. The topological polar surface area (TPSA) is 92.9 Å². The van der Waals surface area contributed by atoms with Gasteiger partial charge >= 0.3 is 6.09 Å². The van der Waals surface area contributed by atoms with E-state index in [1.165, 1.54) is 0 Å². The van der Waals surface area contributed by atoms with Gasteiger partial charge in [0.05, 0.1) is 11.6 Å². The van der Waals surface area contributed by atoms with E-state index in [0.717, 1.165) is 17.7 Å². The first-order chi connectivity index (χ1) is 9.81. The Labute approximate surface area is 133 Å². The Hall–Kier alpha value is -1.14. The van der Waals surface area contributed by atoms with Gasteiger partial charge in [0.1, 0.15) is 0 Å². The van der Waals surface area contributed by atoms with Crippen LogP contribution in [0.4, 0.5) is 4.79 Å². The Kier molecular flexibility index (Phi) is 5.30. The third-order valence-electron chi connectivity index (χ3n) is 3.78. The Bertz CT molecular complexity index is 436. The van der Waals surface area contributed by atoms with E-state index >= 15 is 0 Å². The largest absolute Gasteiger partial charge is 0.465 e. The minimum absolute atomic E-state index is 0.430. The van der Waals surface area contributed by atoms with Crippen LogP contribution in [0.2, 0.25) is 0 Å². The molecule has 0 heterocycles. The highest BCUT2D eigenvalue weighted by atomic mass is 16.6. The molecule has 0 aromatic rings. The van der Waals surface area contributed by atoms with Gasteiger partial charge in [-0.15, -0.1) is 0 Å². The van der Waals surface area contributed by atoms with E-state index in [1.54, 1.807) is 20.8 Å². The summed E-state index contributed by atoms with van der Waals surface area (Å²) in [4.78, 5) is 25.5. The molecule has 0 spiro atoms. The van der Waals surface area contributed by atoms with Crippen LogP contribution in [0.25, 0.3) is 0 Å². The third-order valence-corrected chi connectivity index (χ3v) is 3.78. The lowest BCUT2D eigenvalue weighted by atomic mass is 9.83. The Morgan fingerprint density at radius 3 is 2.09 bits per heavy atom. The minimum atomic E-state index is -1.30. The lowest BCUT2D eigenvalue weighted by molar-refractivity contribution is -0.226. The second-order valence-electron chi connectivity index (χ2n) is 8.08. The predicted octanol–water partition coefficient (Wildman–Crippen LogP) is 2.95. The zero-order chi connectivity index (χ0) is 17.3. The number of amides is 2. The van der Waals surface area contributed by atoms with E-state index < -0.39 is 34.8 Å². The summed E-state index contributed by atoms with van der Waals surface area (Å²) < 4.78 is 6.12. The van der Waals surface area contributed by atoms with Gasteiger partial charge < -0.3 is 15.6 Å². The molecule has 1 aliphatic carbocycles. The molecule has 1 saturated carbocycles. The predicted molar refractivity (Wildman–Crippen MR) is 84.3 cm³/mol. The zero-order valence-electron chi connectivity index (χ0n) is 14.6. The number of nitrogens with zero attached hydrogens (tertiary/aromatic N) is 1. The van der Waals surface area contributed by atoms with Crippen LogP contribution in [-0.2, 0) is 9.53 Å². The van der Waals surface area contributed by atoms with Gasteiger partial charge in [-0.1, -0.05) is 27.2 Å². The monoisotopic (exact) mass is 314 g/mol. The van der Waals surface area contributed by atoms with Crippen molar-refractivity contribution in [3.05, 3.63) is 0 Å². The first-order valence-corrected chi connectivity index (χ1v) is 7.84. The minimum Gasteiger partial charge on any atom is -0.465 e. The Balaban J connectivity index is 3.38. The van der Waals surface area contributed by atoms with Crippen molar-refractivity contribution in [2.45, 2.75) is 84.6 Å². The second kappa shape index (κ2) is 6.16. The van der Waals surface area contributed by atoms with E-state index in [2.05, 4.69) is 0 Å². The fraction of sp³-hybridized carbons (Fsp3) is 0.875. The molecule has 0 aliphatic heterocycles. The van der Waals surface area contributed by atoms with Gasteiger partial charge in [-0.25, -0.2) is 9.69 Å². The van der Waals surface area contributed by atoms with Crippen LogP contribution in [0.1, 0.15) is 67.2 Å². The van der Waals surface area contributed by atoms with Crippen molar-refractivity contribution in [3.8, 4) is 0 Å². The van der Waals surface area contributed by atoms with Gasteiger partial charge in [0.25, 0.3) is 0 Å². The molecule has 3 N–H and O–H groups in total. The third kappa shape index (κ3) is 3.98. The number of imide groups is 1. The van der Waals surface area contributed by atoms with Crippen LogP contribution in [0.15, 0.2) is 0 Å². The van der Waals surface area contributed by atoms with Crippen LogP contribution >= 0.6 is 0 Å². The molecule has 6 nitrogen and oxygen atoms in total. The number of rotatable bonds is 2. The van der Waals surface area contributed by atoms with Gasteiger partial charge in [-0.2, -0.15) is 0 Å². The molecule has 1 rings (SSSR count). The molecular weight excluding hydrogens is 284 g/mol. The summed E-state index contributed by atoms with van der Waals surface area (Å²) in [5, 5.41) is 9.71. The fourth-order valence-electron chi connectivity index (χ4n) is 2.89. The van der Waals surface area contributed by atoms with Crippen LogP contribution in [0.3, 0.4) is 0 Å². The first kappa shape index (κ1) is 18.9. The summed E-state index contributed by atoms with van der Waals surface area (Å²) in [7, 11) is 0. The molecule has 1 aliphatic rings. The molecule has 6 heteroatoms. The number of ether oxygens (including phenoxy) is 1. The van der Waals surface area contributed by atoms with Gasteiger partial charge in [-0.05, 0) is 40.0 Å². The average Bonchev–Trinajstić information content (AvgIpc) is 2.29. The maximum atomic E-state index is 12.8. The summed E-state index contributed by atoms with van der Waals surface area (Å²) in [5.74, 6) is -0.485. The SMILES string of the molecule is CC(C)(C)OC1(N(C(=O)O)C(=O)C(C)(C)C)CCCCC1N. The Morgan fingerprint density at radius 1 is 1.18 bits per heavy atom. The average molecular weight is 314 g/mol. The van der Waals surface area contributed by atoms with E-state index in [9.17, 15) is 14.7 Å². The molecule has 0 aromatic heterocycles. The number of carbonyl (C=O) groups is 2. The number of carboxylic acid groups (broad SMARTS) is 1. The zero-order valence-corrected chi connectivity index (χ0v) is 14.6. The van der Waals surface area contributed by atoms with E-state index in [0.29, 0.717) is 12.8 Å². The number of hydrogen-bond donors (Lipinski definition) is 2. The smallest absolute Gasteiger partial charge is 0.416 e. The van der Waals surface area contributed by atoms with Crippen molar-refractivity contribution in [1.82, 2.24) is 4.90 Å². The lowest BCUT2D eigenvalue weighted by Gasteiger charge is -2.51. The summed E-state index contributed by atoms with van der Waals surface area (Å²) in [5.41, 5.74) is 3.52. The van der Waals surface area contributed by atoms with Crippen LogP contribution in [-0.4, -0.2) is 39.4 Å². The number of hydrogen-bond acceptors (Lipinski definition) is 4. The number of carbonyl (C=O) groups excluding carboxylic acids is 1. The molecule has 128 valence electrons. The maximum Gasteiger partial charge on any atom is 0.416 e. The van der Waals surface area contributed by atoms with Gasteiger partial charge in [0.2, 0.25) is 5.91 Å². The lowest BCUT2D eigenvalue weighted by Crippen LogP contribution is -2.69. The standard InChI is InChI=1S/C16H30N2O4/c1-14(2,3)12(19)18(13(20)21)16(22-15(4,5)6)10-8-7-9-11(16)17/h11H,7-10,17H2,1-6H3,(H,20,21). The normalized spacial score (nSPS) is 26.6. The molecule has 22 heavy (non-hydrogen) atoms. The van der Waals surface area contributed by atoms with Crippen molar-refractivity contribution >= 4 is 12.0 Å². The second-order valence-corrected chi connectivity index (χ2v) is 8.08. The molecule has 1 fully saturated rings. The van der Waals surface area contributed by atoms with E-state index in [-0.39, 0.29) is 0 Å². The highest BCUT2D eigenvalue weighted by Gasteiger charge is 2.54. The van der Waals surface area contributed by atoms with Crippen LogP contribution < -0.4 is 5.73 Å². The van der Waals surface area contributed by atoms with Crippen molar-refractivity contribution in [2.75, 3.05) is 0 Å². The highest BCUT2D eigenvalue weighted by molar-refractivity contribution is 5.95. The molecule has 0 bridgehead atoms. The van der Waals surface area contributed by atoms with Gasteiger partial charge in [0.15, 0.2) is 5.72 Å². The molecule has 2 amide bonds. The molecular formula is C16H30N2O4. The van der Waals surface area contributed by atoms with Crippen LogP contribution in [0, 0.1) is 5.41 Å². The Morgan fingerprint density at radius 2 is 1.73 bits per heavy atom. The molecule has 0 radical (unpaired) electrons. The summed E-state index contributed by atoms with van der Waals surface area (Å²) in [6, 6.07) is -0.525. The van der Waals surface area contributed by atoms with Crippen molar-refractivity contribution < 1.29 is 19.4 Å². The van der Waals surface area contributed by atoms with E-state index in [4.69, 9.17) is 10.5 Å². The molecule has 2 unspecified atom stereocenters. The van der Waals surface area contributed by atoms with E-state index in [1.807, 2.05) is 20.8 Å². The number of nitrogens with two attached hydrogens (primary N) is 1. The molecule has 2 atom stereocenters. The quantitative estimate of drug-likeness (QED) is 0.764. The van der Waals surface area contributed by atoms with Gasteiger partial charge in [-0.3, -0.25) is 4.79 Å².